The predicted octanol–water partition coefficient (Wildman–Crippen LogP) is 1.40. The number of rotatable bonds is 4. The number of nitrogens with one attached hydrogen (secondary N) is 2. The number of benzene rings is 1. The lowest BCUT2D eigenvalue weighted by Gasteiger charge is -2.20. The Bertz CT molecular complexity index is 497. The van der Waals surface area contributed by atoms with Gasteiger partial charge in [-0.15, -0.1) is 0 Å². The van der Waals surface area contributed by atoms with Gasteiger partial charge in [0.05, 0.1) is 5.41 Å². The molecule has 1 amide bonds. The molecule has 0 spiro atoms. The highest BCUT2D eigenvalue weighted by atomic mass is 16.6. The van der Waals surface area contributed by atoms with E-state index in [4.69, 9.17) is 9.47 Å². The fourth-order valence-corrected chi connectivity index (χ4v) is 2.36. The summed E-state index contributed by atoms with van der Waals surface area (Å²) in [5.41, 5.74) is 0.541. The Morgan fingerprint density at radius 2 is 2.00 bits per heavy atom. The van der Waals surface area contributed by atoms with Crippen molar-refractivity contribution in [2.24, 2.45) is 5.41 Å². The molecule has 102 valence electrons. The number of hydrogen-bond donors (Lipinski definition) is 2. The van der Waals surface area contributed by atoms with Gasteiger partial charge in [0.1, 0.15) is 13.2 Å². The quantitative estimate of drug-likeness (QED) is 0.861. The molecule has 19 heavy (non-hydrogen) atoms. The predicted molar refractivity (Wildman–Crippen MR) is 71.7 cm³/mol. The van der Waals surface area contributed by atoms with Crippen LogP contribution in [0.5, 0.6) is 11.5 Å². The SMILES string of the molecule is CNCC1(C(=O)Nc2ccc3c(c2)OCCO3)CC1. The van der Waals surface area contributed by atoms with Crippen molar-refractivity contribution in [1.82, 2.24) is 5.32 Å². The molecule has 0 atom stereocenters. The number of hydrogen-bond acceptors (Lipinski definition) is 4. The van der Waals surface area contributed by atoms with Crippen LogP contribution in [0.15, 0.2) is 18.2 Å². The van der Waals surface area contributed by atoms with Crippen LogP contribution in [0.4, 0.5) is 5.69 Å². The Hall–Kier alpha value is -1.75. The van der Waals surface area contributed by atoms with Crippen LogP contribution < -0.4 is 20.1 Å². The summed E-state index contributed by atoms with van der Waals surface area (Å²) in [7, 11) is 1.87. The van der Waals surface area contributed by atoms with Crippen molar-refractivity contribution in [2.45, 2.75) is 12.8 Å². The van der Waals surface area contributed by atoms with Crippen LogP contribution in [-0.4, -0.2) is 32.7 Å². The largest absolute Gasteiger partial charge is 0.486 e. The maximum absolute atomic E-state index is 12.2. The Morgan fingerprint density at radius 3 is 2.68 bits per heavy atom. The summed E-state index contributed by atoms with van der Waals surface area (Å²) in [5, 5.41) is 6.05. The van der Waals surface area contributed by atoms with Crippen molar-refractivity contribution in [2.75, 3.05) is 32.1 Å². The van der Waals surface area contributed by atoms with E-state index in [2.05, 4.69) is 10.6 Å². The van der Waals surface area contributed by atoms with Gasteiger partial charge in [0.2, 0.25) is 5.91 Å². The molecule has 5 heteroatoms. The second-order valence-corrected chi connectivity index (χ2v) is 5.12. The van der Waals surface area contributed by atoms with E-state index < -0.39 is 0 Å². The topological polar surface area (TPSA) is 59.6 Å². The third kappa shape index (κ3) is 2.38. The van der Waals surface area contributed by atoms with Crippen molar-refractivity contribution in [1.29, 1.82) is 0 Å². The summed E-state index contributed by atoms with van der Waals surface area (Å²) in [5.74, 6) is 1.52. The monoisotopic (exact) mass is 262 g/mol. The molecule has 1 heterocycles. The Labute approximate surface area is 112 Å². The molecule has 1 aromatic carbocycles. The van der Waals surface area contributed by atoms with Gasteiger partial charge in [0.15, 0.2) is 11.5 Å². The molecule has 1 fully saturated rings. The maximum Gasteiger partial charge on any atom is 0.231 e. The Morgan fingerprint density at radius 1 is 1.26 bits per heavy atom. The van der Waals surface area contributed by atoms with Crippen LogP contribution in [0, 0.1) is 5.41 Å². The standard InChI is InChI=1S/C14H18N2O3/c1-15-9-14(4-5-14)13(17)16-10-2-3-11-12(8-10)19-7-6-18-11/h2-3,8,15H,4-7,9H2,1H3,(H,16,17). The highest BCUT2D eigenvalue weighted by molar-refractivity contribution is 5.97. The third-order valence-electron chi connectivity index (χ3n) is 3.65. The minimum atomic E-state index is -0.220. The number of amides is 1. The smallest absolute Gasteiger partial charge is 0.231 e. The molecule has 0 unspecified atom stereocenters. The summed E-state index contributed by atoms with van der Waals surface area (Å²) < 4.78 is 11.0. The zero-order valence-electron chi connectivity index (χ0n) is 11.0. The molecule has 1 aromatic rings. The highest BCUT2D eigenvalue weighted by Crippen LogP contribution is 2.46. The molecule has 2 aliphatic rings. The lowest BCUT2D eigenvalue weighted by atomic mass is 10.1. The molecule has 2 N–H and O–H groups in total. The van der Waals surface area contributed by atoms with Crippen molar-refractivity contribution < 1.29 is 14.3 Å². The van der Waals surface area contributed by atoms with Crippen molar-refractivity contribution in [3.63, 3.8) is 0 Å². The lowest BCUT2D eigenvalue weighted by molar-refractivity contribution is -0.120. The molecular weight excluding hydrogens is 244 g/mol. The van der Waals surface area contributed by atoms with E-state index in [0.29, 0.717) is 19.0 Å². The van der Waals surface area contributed by atoms with E-state index >= 15 is 0 Å². The van der Waals surface area contributed by atoms with Gasteiger partial charge in [-0.05, 0) is 32.0 Å². The van der Waals surface area contributed by atoms with Crippen LogP contribution in [0.1, 0.15) is 12.8 Å². The molecule has 1 saturated carbocycles. The minimum absolute atomic E-state index is 0.0820. The molecule has 3 rings (SSSR count). The second kappa shape index (κ2) is 4.74. The maximum atomic E-state index is 12.2. The first-order chi connectivity index (χ1) is 9.23. The van der Waals surface area contributed by atoms with E-state index in [1.807, 2.05) is 25.2 Å². The fraction of sp³-hybridized carbons (Fsp3) is 0.500. The van der Waals surface area contributed by atoms with E-state index in [1.54, 1.807) is 0 Å². The van der Waals surface area contributed by atoms with Crippen molar-refractivity contribution >= 4 is 11.6 Å². The van der Waals surface area contributed by atoms with Gasteiger partial charge in [-0.25, -0.2) is 0 Å². The van der Waals surface area contributed by atoms with Gasteiger partial charge in [-0.2, -0.15) is 0 Å². The first-order valence-corrected chi connectivity index (χ1v) is 6.59. The molecule has 5 nitrogen and oxygen atoms in total. The summed E-state index contributed by atoms with van der Waals surface area (Å²) >= 11 is 0. The first-order valence-electron chi connectivity index (χ1n) is 6.59. The summed E-state index contributed by atoms with van der Waals surface area (Å²) in [6, 6.07) is 5.50. The second-order valence-electron chi connectivity index (χ2n) is 5.12. The molecule has 0 radical (unpaired) electrons. The third-order valence-corrected chi connectivity index (χ3v) is 3.65. The molecule has 1 aliphatic heterocycles. The van der Waals surface area contributed by atoms with E-state index in [9.17, 15) is 4.79 Å². The normalized spacial score (nSPS) is 18.8. The number of anilines is 1. The van der Waals surface area contributed by atoms with E-state index in [1.165, 1.54) is 0 Å². The fourth-order valence-electron chi connectivity index (χ4n) is 2.36. The highest BCUT2D eigenvalue weighted by Gasteiger charge is 2.49. The van der Waals surface area contributed by atoms with Gasteiger partial charge >= 0.3 is 0 Å². The Balaban J connectivity index is 1.71. The van der Waals surface area contributed by atoms with Crippen LogP contribution in [-0.2, 0) is 4.79 Å². The van der Waals surface area contributed by atoms with Crippen LogP contribution in [0.3, 0.4) is 0 Å². The van der Waals surface area contributed by atoms with Gasteiger partial charge in [0, 0.05) is 18.3 Å². The van der Waals surface area contributed by atoms with E-state index in [0.717, 1.165) is 30.8 Å². The average Bonchev–Trinajstić information content (AvgIpc) is 3.20. The molecular formula is C14H18N2O3. The lowest BCUT2D eigenvalue weighted by Crippen LogP contribution is -2.32. The molecule has 0 saturated heterocycles. The minimum Gasteiger partial charge on any atom is -0.486 e. The van der Waals surface area contributed by atoms with Crippen LogP contribution in [0.2, 0.25) is 0 Å². The molecule has 0 bridgehead atoms. The van der Waals surface area contributed by atoms with Gasteiger partial charge in [0.25, 0.3) is 0 Å². The zero-order chi connectivity index (χ0) is 13.3. The average molecular weight is 262 g/mol. The van der Waals surface area contributed by atoms with Crippen LogP contribution >= 0.6 is 0 Å². The van der Waals surface area contributed by atoms with Crippen LogP contribution in [0.25, 0.3) is 0 Å². The number of ether oxygens (including phenoxy) is 2. The summed E-state index contributed by atoms with van der Waals surface area (Å²) in [4.78, 5) is 12.2. The van der Waals surface area contributed by atoms with Crippen molar-refractivity contribution in [3.8, 4) is 11.5 Å². The van der Waals surface area contributed by atoms with Gasteiger partial charge < -0.3 is 20.1 Å². The van der Waals surface area contributed by atoms with E-state index in [-0.39, 0.29) is 11.3 Å². The molecule has 0 aromatic heterocycles. The Kier molecular flexibility index (Phi) is 3.06. The summed E-state index contributed by atoms with van der Waals surface area (Å²) in [6.07, 6.45) is 1.90. The van der Waals surface area contributed by atoms with Gasteiger partial charge in [-0.3, -0.25) is 4.79 Å². The number of fused-ring (bicyclic) bond motifs is 1. The summed E-state index contributed by atoms with van der Waals surface area (Å²) in [6.45, 7) is 1.85. The first kappa shape index (κ1) is 12.3. The number of carbonyl (C=O) groups excluding carboxylic acids is 1. The van der Waals surface area contributed by atoms with Crippen molar-refractivity contribution in [3.05, 3.63) is 18.2 Å². The number of carbonyl (C=O) groups is 1. The van der Waals surface area contributed by atoms with Gasteiger partial charge in [-0.1, -0.05) is 0 Å². The zero-order valence-corrected chi connectivity index (χ0v) is 11.0. The molecule has 1 aliphatic carbocycles.